The fourth-order valence-electron chi connectivity index (χ4n) is 3.12. The van der Waals surface area contributed by atoms with E-state index in [0.717, 1.165) is 0 Å². The van der Waals surface area contributed by atoms with Gasteiger partial charge in [-0.25, -0.2) is 0 Å². The summed E-state index contributed by atoms with van der Waals surface area (Å²) in [4.78, 5) is 25.3. The molecule has 1 heterocycles. The molecular weight excluding hydrogens is 384 g/mol. The number of rotatable bonds is 8. The number of carbonyl (C=O) groups excluding carboxylic acids is 2. The first kappa shape index (κ1) is 21.5. The van der Waals surface area contributed by atoms with E-state index >= 15 is 0 Å². The Labute approximate surface area is 176 Å². The minimum Gasteiger partial charge on any atom is -0.494 e. The molecule has 1 aliphatic rings. The average Bonchev–Trinajstić information content (AvgIpc) is 2.76. The molecule has 7 nitrogen and oxygen atoms in total. The summed E-state index contributed by atoms with van der Waals surface area (Å²) < 4.78 is 16.9. The molecule has 2 N–H and O–H groups in total. The zero-order valence-electron chi connectivity index (χ0n) is 17.5. The van der Waals surface area contributed by atoms with Gasteiger partial charge in [0.1, 0.15) is 24.5 Å². The van der Waals surface area contributed by atoms with Crippen LogP contribution in [-0.2, 0) is 4.79 Å². The van der Waals surface area contributed by atoms with Crippen molar-refractivity contribution in [2.45, 2.75) is 32.9 Å². The predicted molar refractivity (Wildman–Crippen MR) is 113 cm³/mol. The minimum atomic E-state index is -0.666. The first-order chi connectivity index (χ1) is 14.5. The fraction of sp³-hybridized carbons (Fsp3) is 0.391. The van der Waals surface area contributed by atoms with Gasteiger partial charge in [0.15, 0.2) is 11.5 Å². The largest absolute Gasteiger partial charge is 0.494 e. The van der Waals surface area contributed by atoms with Gasteiger partial charge in [-0.3, -0.25) is 9.59 Å². The maximum absolute atomic E-state index is 12.7. The topological polar surface area (TPSA) is 85.9 Å². The van der Waals surface area contributed by atoms with Crippen molar-refractivity contribution in [3.63, 3.8) is 0 Å². The summed E-state index contributed by atoms with van der Waals surface area (Å²) in [6.45, 7) is 6.87. The second kappa shape index (κ2) is 10.0. The van der Waals surface area contributed by atoms with Crippen LogP contribution in [0.15, 0.2) is 48.5 Å². The van der Waals surface area contributed by atoms with Crippen LogP contribution in [0.5, 0.6) is 17.2 Å². The van der Waals surface area contributed by atoms with E-state index in [9.17, 15) is 9.59 Å². The van der Waals surface area contributed by atoms with Crippen molar-refractivity contribution in [2.24, 2.45) is 5.92 Å². The Morgan fingerprint density at radius 1 is 1.10 bits per heavy atom. The van der Waals surface area contributed by atoms with Gasteiger partial charge in [-0.15, -0.1) is 0 Å². The maximum Gasteiger partial charge on any atom is 0.251 e. The van der Waals surface area contributed by atoms with Gasteiger partial charge in [0.05, 0.1) is 13.2 Å². The number of hydrogen-bond acceptors (Lipinski definition) is 5. The monoisotopic (exact) mass is 412 g/mol. The highest BCUT2D eigenvalue weighted by Crippen LogP contribution is 2.30. The Bertz CT molecular complexity index is 866. The molecule has 0 saturated heterocycles. The molecule has 0 aromatic heterocycles. The number of amides is 2. The molecule has 2 atom stereocenters. The van der Waals surface area contributed by atoms with Crippen LogP contribution in [0.25, 0.3) is 0 Å². The molecule has 0 aliphatic carbocycles. The Balaban J connectivity index is 1.55. The van der Waals surface area contributed by atoms with Crippen molar-refractivity contribution in [3.8, 4) is 17.2 Å². The number of hydrogen-bond donors (Lipinski definition) is 2. The summed E-state index contributed by atoms with van der Waals surface area (Å²) in [5.74, 6) is 1.41. The molecule has 0 saturated carbocycles. The quantitative estimate of drug-likeness (QED) is 0.696. The molecule has 30 heavy (non-hydrogen) atoms. The van der Waals surface area contributed by atoms with Gasteiger partial charge in [-0.05, 0) is 49.2 Å². The third kappa shape index (κ3) is 5.43. The fourth-order valence-corrected chi connectivity index (χ4v) is 3.12. The molecule has 0 radical (unpaired) electrons. The minimum absolute atomic E-state index is 0.0825. The van der Waals surface area contributed by atoms with E-state index in [-0.39, 0.29) is 30.4 Å². The normalized spacial score (nSPS) is 15.9. The third-order valence-corrected chi connectivity index (χ3v) is 4.73. The van der Waals surface area contributed by atoms with E-state index in [2.05, 4.69) is 10.6 Å². The van der Waals surface area contributed by atoms with E-state index in [1.807, 2.05) is 45.0 Å². The smallest absolute Gasteiger partial charge is 0.251 e. The number of fused-ring (bicyclic) bond motifs is 1. The first-order valence-corrected chi connectivity index (χ1v) is 10.2. The zero-order valence-corrected chi connectivity index (χ0v) is 17.5. The van der Waals surface area contributed by atoms with Gasteiger partial charge in [-0.2, -0.15) is 0 Å². The molecule has 1 aliphatic heterocycles. The third-order valence-electron chi connectivity index (χ3n) is 4.73. The summed E-state index contributed by atoms with van der Waals surface area (Å²) in [5, 5.41) is 5.69. The van der Waals surface area contributed by atoms with Crippen molar-refractivity contribution >= 4 is 11.8 Å². The highest BCUT2D eigenvalue weighted by atomic mass is 16.6. The number of carbonyl (C=O) groups is 2. The summed E-state index contributed by atoms with van der Waals surface area (Å²) in [6.07, 6.45) is -0.293. The van der Waals surface area contributed by atoms with Crippen LogP contribution in [0, 0.1) is 5.92 Å². The van der Waals surface area contributed by atoms with E-state index in [1.165, 1.54) is 0 Å². The van der Waals surface area contributed by atoms with Gasteiger partial charge in [0.25, 0.3) is 5.91 Å². The van der Waals surface area contributed by atoms with Gasteiger partial charge in [0, 0.05) is 5.56 Å². The lowest BCUT2D eigenvalue weighted by Gasteiger charge is -2.28. The summed E-state index contributed by atoms with van der Waals surface area (Å²) in [7, 11) is 0. The SMILES string of the molecule is CCOc1ccc(C(=O)NC(C(=O)NCC2COc3ccccc3O2)C(C)C)cc1. The molecular formula is C23H28N2O5. The van der Waals surface area contributed by atoms with Crippen molar-refractivity contribution < 1.29 is 23.8 Å². The molecule has 160 valence electrons. The second-order valence-electron chi connectivity index (χ2n) is 7.40. The van der Waals surface area contributed by atoms with Crippen LogP contribution in [0.3, 0.4) is 0 Å². The van der Waals surface area contributed by atoms with Crippen molar-refractivity contribution in [2.75, 3.05) is 19.8 Å². The molecule has 2 aromatic rings. The molecule has 3 rings (SSSR count). The van der Waals surface area contributed by atoms with E-state index < -0.39 is 6.04 Å². The predicted octanol–water partition coefficient (Wildman–Crippen LogP) is 2.80. The lowest BCUT2D eigenvalue weighted by atomic mass is 10.0. The Hall–Kier alpha value is -3.22. The maximum atomic E-state index is 12.7. The number of ether oxygens (including phenoxy) is 3. The van der Waals surface area contributed by atoms with Crippen LogP contribution < -0.4 is 24.8 Å². The van der Waals surface area contributed by atoms with Crippen molar-refractivity contribution in [1.82, 2.24) is 10.6 Å². The van der Waals surface area contributed by atoms with Crippen LogP contribution in [-0.4, -0.2) is 43.7 Å². The van der Waals surface area contributed by atoms with E-state index in [4.69, 9.17) is 14.2 Å². The van der Waals surface area contributed by atoms with Crippen LogP contribution in [0.2, 0.25) is 0 Å². The van der Waals surface area contributed by atoms with E-state index in [1.54, 1.807) is 24.3 Å². The molecule has 2 amide bonds. The highest BCUT2D eigenvalue weighted by molar-refractivity contribution is 5.97. The molecule has 0 fully saturated rings. The van der Waals surface area contributed by atoms with Crippen molar-refractivity contribution in [1.29, 1.82) is 0 Å². The molecule has 0 bridgehead atoms. The number of para-hydroxylation sites is 2. The standard InChI is InChI=1S/C23H28N2O5/c1-4-28-17-11-9-16(10-12-17)22(26)25-21(15(2)3)23(27)24-13-18-14-29-19-7-5-6-8-20(19)30-18/h5-12,15,18,21H,4,13-14H2,1-3H3,(H,24,27)(H,25,26). The van der Waals surface area contributed by atoms with E-state index in [0.29, 0.717) is 36.0 Å². The molecule has 2 aromatic carbocycles. The molecule has 0 spiro atoms. The lowest BCUT2D eigenvalue weighted by Crippen LogP contribution is -2.52. The van der Waals surface area contributed by atoms with Crippen LogP contribution >= 0.6 is 0 Å². The Morgan fingerprint density at radius 3 is 2.47 bits per heavy atom. The molecule has 7 heteroatoms. The average molecular weight is 412 g/mol. The van der Waals surface area contributed by atoms with Gasteiger partial charge < -0.3 is 24.8 Å². The summed E-state index contributed by atoms with van der Waals surface area (Å²) >= 11 is 0. The summed E-state index contributed by atoms with van der Waals surface area (Å²) in [6, 6.07) is 13.6. The van der Waals surface area contributed by atoms with Gasteiger partial charge >= 0.3 is 0 Å². The zero-order chi connectivity index (χ0) is 21.5. The van der Waals surface area contributed by atoms with Crippen LogP contribution in [0.4, 0.5) is 0 Å². The second-order valence-corrected chi connectivity index (χ2v) is 7.40. The first-order valence-electron chi connectivity index (χ1n) is 10.2. The highest BCUT2D eigenvalue weighted by Gasteiger charge is 2.27. The molecule has 2 unspecified atom stereocenters. The van der Waals surface area contributed by atoms with Gasteiger partial charge in [0.2, 0.25) is 5.91 Å². The lowest BCUT2D eigenvalue weighted by molar-refractivity contribution is -0.124. The Morgan fingerprint density at radius 2 is 1.80 bits per heavy atom. The summed E-state index contributed by atoms with van der Waals surface area (Å²) in [5.41, 5.74) is 0.470. The van der Waals surface area contributed by atoms with Gasteiger partial charge in [-0.1, -0.05) is 26.0 Å². The van der Waals surface area contributed by atoms with Crippen LogP contribution in [0.1, 0.15) is 31.1 Å². The number of benzene rings is 2. The Kier molecular flexibility index (Phi) is 7.17. The van der Waals surface area contributed by atoms with Crippen molar-refractivity contribution in [3.05, 3.63) is 54.1 Å². The number of nitrogens with one attached hydrogen (secondary N) is 2.